The minimum Gasteiger partial charge on any atom is -0.352 e. The highest BCUT2D eigenvalue weighted by Crippen LogP contribution is 2.29. The number of nitrogens with one attached hydrogen (secondary N) is 1. The smallest absolute Gasteiger partial charge is 0.252 e. The van der Waals surface area contributed by atoms with Gasteiger partial charge in [-0.15, -0.1) is 11.8 Å². The van der Waals surface area contributed by atoms with Gasteiger partial charge >= 0.3 is 0 Å². The molecule has 1 aliphatic rings. The van der Waals surface area contributed by atoms with Crippen molar-refractivity contribution in [2.24, 2.45) is 0 Å². The van der Waals surface area contributed by atoms with Gasteiger partial charge in [-0.05, 0) is 49.1 Å². The van der Waals surface area contributed by atoms with Crippen molar-refractivity contribution in [1.29, 1.82) is 0 Å². The monoisotopic (exact) mass is 434 g/mol. The third kappa shape index (κ3) is 5.17. The number of para-hydroxylation sites is 1. The van der Waals surface area contributed by atoms with Crippen molar-refractivity contribution >= 4 is 29.3 Å². The Morgan fingerprint density at radius 1 is 1.13 bits per heavy atom. The fourth-order valence-corrected chi connectivity index (χ4v) is 4.65. The molecule has 31 heavy (non-hydrogen) atoms. The average Bonchev–Trinajstić information content (AvgIpc) is 3.41. The van der Waals surface area contributed by atoms with Crippen LogP contribution in [0.4, 0.5) is 5.69 Å². The lowest BCUT2D eigenvalue weighted by molar-refractivity contribution is -0.116. The van der Waals surface area contributed by atoms with Gasteiger partial charge in [-0.3, -0.25) is 14.3 Å². The molecular formula is C24H26N4O2S. The number of benzene rings is 2. The van der Waals surface area contributed by atoms with Gasteiger partial charge < -0.3 is 10.2 Å². The Hall–Kier alpha value is -3.06. The normalized spacial score (nSPS) is 12.6. The molecule has 6 nitrogen and oxygen atoms in total. The summed E-state index contributed by atoms with van der Waals surface area (Å²) in [6.07, 6.45) is 5.51. The van der Waals surface area contributed by atoms with E-state index in [0.717, 1.165) is 42.1 Å². The fraction of sp³-hybridized carbons (Fsp3) is 0.292. The molecule has 0 saturated carbocycles. The number of aromatic nitrogens is 2. The number of rotatable bonds is 8. The van der Waals surface area contributed by atoms with E-state index in [2.05, 4.69) is 16.5 Å². The predicted molar refractivity (Wildman–Crippen MR) is 124 cm³/mol. The minimum absolute atomic E-state index is 0.0691. The Bertz CT molecular complexity index is 1080. The molecule has 0 fully saturated rings. The number of hydrogen-bond acceptors (Lipinski definition) is 4. The van der Waals surface area contributed by atoms with Crippen LogP contribution < -0.4 is 10.2 Å². The number of hydrogen-bond donors (Lipinski definition) is 1. The summed E-state index contributed by atoms with van der Waals surface area (Å²) >= 11 is 1.42. The molecular weight excluding hydrogens is 408 g/mol. The molecule has 0 saturated heterocycles. The molecule has 0 bridgehead atoms. The molecule has 1 aromatic heterocycles. The Morgan fingerprint density at radius 2 is 1.94 bits per heavy atom. The van der Waals surface area contributed by atoms with Gasteiger partial charge in [0.1, 0.15) is 0 Å². The van der Waals surface area contributed by atoms with Crippen molar-refractivity contribution in [3.05, 3.63) is 77.6 Å². The van der Waals surface area contributed by atoms with Crippen LogP contribution in [0, 0.1) is 6.92 Å². The quantitative estimate of drug-likeness (QED) is 0.434. The number of amides is 2. The summed E-state index contributed by atoms with van der Waals surface area (Å²) in [4.78, 5) is 28.2. The number of aryl methyl sites for hydroxylation is 2. The van der Waals surface area contributed by atoms with Crippen LogP contribution in [0.1, 0.15) is 27.9 Å². The van der Waals surface area contributed by atoms with E-state index in [-0.39, 0.29) is 11.8 Å². The van der Waals surface area contributed by atoms with Crippen molar-refractivity contribution < 1.29 is 9.59 Å². The molecule has 2 heterocycles. The first kappa shape index (κ1) is 21.2. The zero-order valence-electron chi connectivity index (χ0n) is 17.6. The van der Waals surface area contributed by atoms with E-state index < -0.39 is 0 Å². The van der Waals surface area contributed by atoms with E-state index in [1.807, 2.05) is 71.4 Å². The fourth-order valence-electron chi connectivity index (χ4n) is 3.72. The Balaban J connectivity index is 1.30. The molecule has 0 atom stereocenters. The molecule has 2 aromatic carbocycles. The second kappa shape index (κ2) is 9.83. The first-order chi connectivity index (χ1) is 15.1. The summed E-state index contributed by atoms with van der Waals surface area (Å²) in [7, 11) is 0. The zero-order chi connectivity index (χ0) is 21.6. The molecule has 0 unspecified atom stereocenters. The predicted octanol–water partition coefficient (Wildman–Crippen LogP) is 3.69. The van der Waals surface area contributed by atoms with E-state index in [9.17, 15) is 9.59 Å². The second-order valence-corrected chi connectivity index (χ2v) is 8.62. The lowest BCUT2D eigenvalue weighted by atomic mass is 10.2. The van der Waals surface area contributed by atoms with Crippen molar-refractivity contribution in [1.82, 2.24) is 15.1 Å². The summed E-state index contributed by atoms with van der Waals surface area (Å²) in [6, 6.07) is 15.5. The summed E-state index contributed by atoms with van der Waals surface area (Å²) in [5.74, 6) is 0.260. The van der Waals surface area contributed by atoms with Gasteiger partial charge in [-0.25, -0.2) is 0 Å². The van der Waals surface area contributed by atoms with Crippen LogP contribution in [-0.2, 0) is 17.8 Å². The number of nitrogens with zero attached hydrogens (tertiary/aromatic N) is 3. The summed E-state index contributed by atoms with van der Waals surface area (Å²) in [5.41, 5.74) is 3.96. The molecule has 0 radical (unpaired) electrons. The third-order valence-corrected chi connectivity index (χ3v) is 6.34. The van der Waals surface area contributed by atoms with E-state index in [0.29, 0.717) is 17.9 Å². The van der Waals surface area contributed by atoms with Crippen molar-refractivity contribution in [3.8, 4) is 0 Å². The van der Waals surface area contributed by atoms with Crippen molar-refractivity contribution in [3.63, 3.8) is 0 Å². The van der Waals surface area contributed by atoms with Gasteiger partial charge in [0.15, 0.2) is 0 Å². The first-order valence-corrected chi connectivity index (χ1v) is 11.5. The van der Waals surface area contributed by atoms with Crippen LogP contribution in [-0.4, -0.2) is 40.4 Å². The van der Waals surface area contributed by atoms with Crippen LogP contribution >= 0.6 is 11.8 Å². The van der Waals surface area contributed by atoms with Gasteiger partial charge in [-0.1, -0.05) is 30.3 Å². The van der Waals surface area contributed by atoms with E-state index in [1.54, 1.807) is 0 Å². The summed E-state index contributed by atoms with van der Waals surface area (Å²) in [5, 5.41) is 7.24. The van der Waals surface area contributed by atoms with Gasteiger partial charge in [0, 0.05) is 36.4 Å². The molecule has 0 spiro atoms. The van der Waals surface area contributed by atoms with Crippen LogP contribution in [0.3, 0.4) is 0 Å². The Morgan fingerprint density at radius 3 is 2.77 bits per heavy atom. The van der Waals surface area contributed by atoms with Gasteiger partial charge in [-0.2, -0.15) is 5.10 Å². The number of carbonyl (C=O) groups is 2. The van der Waals surface area contributed by atoms with Gasteiger partial charge in [0.2, 0.25) is 5.91 Å². The average molecular weight is 435 g/mol. The molecule has 2 amide bonds. The maximum atomic E-state index is 12.8. The van der Waals surface area contributed by atoms with Crippen molar-refractivity contribution in [2.75, 3.05) is 23.7 Å². The zero-order valence-corrected chi connectivity index (χ0v) is 18.4. The third-order valence-electron chi connectivity index (χ3n) is 5.28. The molecule has 3 aromatic rings. The minimum atomic E-state index is -0.112. The highest BCUT2D eigenvalue weighted by atomic mass is 32.2. The highest BCUT2D eigenvalue weighted by Gasteiger charge is 2.24. The maximum absolute atomic E-state index is 12.8. The van der Waals surface area contributed by atoms with E-state index >= 15 is 0 Å². The van der Waals surface area contributed by atoms with Gasteiger partial charge in [0.05, 0.1) is 17.5 Å². The summed E-state index contributed by atoms with van der Waals surface area (Å²) < 4.78 is 1.88. The van der Waals surface area contributed by atoms with Gasteiger partial charge in [0.25, 0.3) is 5.91 Å². The van der Waals surface area contributed by atoms with E-state index in [4.69, 9.17) is 0 Å². The largest absolute Gasteiger partial charge is 0.352 e. The summed E-state index contributed by atoms with van der Waals surface area (Å²) in [6.45, 7) is 4.06. The number of anilines is 1. The standard InChI is InChI=1S/C24H26N4O2S/c1-18-15-26-27(16-18)13-6-12-25-24(30)20-8-3-5-10-22(20)31-17-23(29)28-14-11-19-7-2-4-9-21(19)28/h2-5,7-10,15-16H,6,11-14,17H2,1H3,(H,25,30). The van der Waals surface area contributed by atoms with E-state index in [1.165, 1.54) is 17.3 Å². The first-order valence-electron chi connectivity index (χ1n) is 10.5. The Labute approximate surface area is 186 Å². The molecule has 1 N–H and O–H groups in total. The molecule has 1 aliphatic heterocycles. The SMILES string of the molecule is Cc1cnn(CCCNC(=O)c2ccccc2SCC(=O)N2CCc3ccccc32)c1. The Kier molecular flexibility index (Phi) is 6.72. The van der Waals surface area contributed by atoms with Crippen LogP contribution in [0.2, 0.25) is 0 Å². The molecule has 0 aliphatic carbocycles. The van der Waals surface area contributed by atoms with Crippen LogP contribution in [0.15, 0.2) is 65.8 Å². The molecule has 160 valence electrons. The number of thioether (sulfide) groups is 1. The van der Waals surface area contributed by atoms with Crippen LogP contribution in [0.5, 0.6) is 0 Å². The molecule has 7 heteroatoms. The van der Waals surface area contributed by atoms with Crippen LogP contribution in [0.25, 0.3) is 0 Å². The lowest BCUT2D eigenvalue weighted by Gasteiger charge is -2.17. The number of carbonyl (C=O) groups excluding carboxylic acids is 2. The highest BCUT2D eigenvalue weighted by molar-refractivity contribution is 8.00. The topological polar surface area (TPSA) is 67.2 Å². The van der Waals surface area contributed by atoms with Crippen molar-refractivity contribution in [2.45, 2.75) is 31.2 Å². The molecule has 4 rings (SSSR count). The number of fused-ring (bicyclic) bond motifs is 1. The second-order valence-electron chi connectivity index (χ2n) is 7.60. The lowest BCUT2D eigenvalue weighted by Crippen LogP contribution is -2.30. The maximum Gasteiger partial charge on any atom is 0.252 e.